The van der Waals surface area contributed by atoms with Crippen LogP contribution in [0.2, 0.25) is 5.02 Å². The number of ether oxygens (including phenoxy) is 1. The van der Waals surface area contributed by atoms with Crippen LogP contribution < -0.4 is 5.48 Å². The molecule has 2 N–H and O–H groups in total. The summed E-state index contributed by atoms with van der Waals surface area (Å²) in [5, 5.41) is 10.9. The van der Waals surface area contributed by atoms with E-state index in [2.05, 4.69) is 33.9 Å². The number of rotatable bonds is 9. The van der Waals surface area contributed by atoms with Crippen LogP contribution in [-0.2, 0) is 16.1 Å². The highest BCUT2D eigenvalue weighted by Crippen LogP contribution is 2.42. The minimum Gasteiger partial charge on any atom is -0.370 e. The van der Waals surface area contributed by atoms with E-state index >= 15 is 0 Å². The number of imidazole rings is 1. The Morgan fingerprint density at radius 1 is 1.10 bits per heavy atom. The highest BCUT2D eigenvalue weighted by atomic mass is 35.5. The number of fused-ring (bicyclic) bond motifs is 1. The van der Waals surface area contributed by atoms with Gasteiger partial charge >= 0.3 is 0 Å². The summed E-state index contributed by atoms with van der Waals surface area (Å²) in [7, 11) is 0. The molecule has 2 atom stereocenters. The van der Waals surface area contributed by atoms with Crippen molar-refractivity contribution < 1.29 is 14.7 Å². The molecule has 220 valence electrons. The summed E-state index contributed by atoms with van der Waals surface area (Å²) < 4.78 is 8.90. The van der Waals surface area contributed by atoms with Gasteiger partial charge in [0.2, 0.25) is 0 Å². The Kier molecular flexibility index (Phi) is 8.32. The number of nitrogens with zero attached hydrogens (tertiary/aromatic N) is 5. The lowest BCUT2D eigenvalue weighted by atomic mass is 9.81. The highest BCUT2D eigenvalue weighted by Gasteiger charge is 2.35. The van der Waals surface area contributed by atoms with Crippen LogP contribution in [0.3, 0.4) is 0 Å². The maximum Gasteiger partial charge on any atom is 0.288 e. The molecule has 2 unspecified atom stereocenters. The topological polar surface area (TPSA) is 107 Å². The average molecular weight is 581 g/mol. The number of hydrogen-bond acceptors (Lipinski definition) is 8. The van der Waals surface area contributed by atoms with Gasteiger partial charge < -0.3 is 14.4 Å². The predicted molar refractivity (Wildman–Crippen MR) is 159 cm³/mol. The molecule has 2 saturated carbocycles. The first kappa shape index (κ1) is 28.5. The summed E-state index contributed by atoms with van der Waals surface area (Å²) in [5.41, 5.74) is 6.56. The molecule has 9 nitrogen and oxygen atoms in total. The van der Waals surface area contributed by atoms with Crippen LogP contribution in [0.5, 0.6) is 0 Å². The predicted octanol–water partition coefficient (Wildman–Crippen LogP) is 6.58. The smallest absolute Gasteiger partial charge is 0.288 e. The Labute approximate surface area is 246 Å². The van der Waals surface area contributed by atoms with Gasteiger partial charge in [0.25, 0.3) is 5.91 Å². The minimum absolute atomic E-state index is 0.0818. The van der Waals surface area contributed by atoms with Gasteiger partial charge in [0.1, 0.15) is 17.6 Å². The third kappa shape index (κ3) is 6.00. The summed E-state index contributed by atoms with van der Waals surface area (Å²) in [6, 6.07) is 3.82. The molecule has 0 radical (unpaired) electrons. The third-order valence-electron chi connectivity index (χ3n) is 9.05. The second-order valence-electron chi connectivity index (χ2n) is 12.0. The average Bonchev–Trinajstić information content (AvgIpc) is 3.71. The van der Waals surface area contributed by atoms with Crippen LogP contribution in [0.15, 0.2) is 29.5 Å². The van der Waals surface area contributed by atoms with Gasteiger partial charge in [-0.05, 0) is 62.5 Å². The van der Waals surface area contributed by atoms with Gasteiger partial charge in [-0.2, -0.15) is 0 Å². The van der Waals surface area contributed by atoms with Gasteiger partial charge in [0, 0.05) is 38.0 Å². The quantitative estimate of drug-likeness (QED) is 0.294. The first-order valence-electron chi connectivity index (χ1n) is 15.3. The van der Waals surface area contributed by atoms with Crippen molar-refractivity contribution in [1.29, 1.82) is 0 Å². The second-order valence-corrected chi connectivity index (χ2v) is 12.4. The van der Waals surface area contributed by atoms with Gasteiger partial charge in [-0.3, -0.25) is 4.98 Å². The van der Waals surface area contributed by atoms with Crippen molar-refractivity contribution in [3.63, 3.8) is 0 Å². The molecule has 3 aromatic heterocycles. The van der Waals surface area contributed by atoms with Gasteiger partial charge in [-0.25, -0.2) is 25.3 Å². The molecule has 41 heavy (non-hydrogen) atoms. The van der Waals surface area contributed by atoms with Gasteiger partial charge in [0.15, 0.2) is 5.84 Å². The molecule has 0 bridgehead atoms. The van der Waals surface area contributed by atoms with Crippen molar-refractivity contribution in [2.24, 2.45) is 22.7 Å². The standard InChI is InChI=1S/C31H41ClN6O3/c1-4-19-10-12-20(13-11-19)18-38-27-24(35-30(38)28(40-5-2)21-8-6-7-9-21)15-25(29-36-31(3,39)41-37-29)34-26(27)22-14-23(32)17-33-16-22/h14-17,19-21,28,39H,4-13,18H2,1-3H3,(H,36,37). The number of amidine groups is 1. The van der Waals surface area contributed by atoms with E-state index in [4.69, 9.17) is 31.1 Å². The maximum atomic E-state index is 10.3. The summed E-state index contributed by atoms with van der Waals surface area (Å²) in [4.78, 5) is 24.3. The molecule has 0 amide bonds. The normalized spacial score (nSPS) is 25.9. The number of hydrogen-bond donors (Lipinski definition) is 2. The summed E-state index contributed by atoms with van der Waals surface area (Å²) >= 11 is 6.43. The van der Waals surface area contributed by atoms with Crippen LogP contribution in [0.1, 0.15) is 96.2 Å². The zero-order valence-electron chi connectivity index (χ0n) is 24.3. The van der Waals surface area contributed by atoms with E-state index < -0.39 is 5.91 Å². The Bertz CT molecular complexity index is 1410. The van der Waals surface area contributed by atoms with Crippen molar-refractivity contribution in [3.8, 4) is 11.3 Å². The molecule has 2 fully saturated rings. The van der Waals surface area contributed by atoms with Crippen LogP contribution in [0.25, 0.3) is 22.3 Å². The van der Waals surface area contributed by atoms with Gasteiger partial charge in [-0.1, -0.05) is 50.6 Å². The minimum atomic E-state index is -1.67. The summed E-state index contributed by atoms with van der Waals surface area (Å²) in [6.45, 7) is 7.36. The fraction of sp³-hybridized carbons (Fsp3) is 0.613. The lowest BCUT2D eigenvalue weighted by molar-refractivity contribution is -0.190. The van der Waals surface area contributed by atoms with E-state index in [9.17, 15) is 5.11 Å². The molecule has 10 heteroatoms. The Balaban J connectivity index is 1.54. The number of hydroxylamine groups is 1. The first-order chi connectivity index (χ1) is 19.8. The van der Waals surface area contributed by atoms with Gasteiger partial charge in [-0.15, -0.1) is 0 Å². The van der Waals surface area contributed by atoms with Crippen molar-refractivity contribution in [2.75, 3.05) is 6.61 Å². The van der Waals surface area contributed by atoms with Crippen molar-refractivity contribution in [2.45, 2.75) is 97.1 Å². The molecule has 2 aliphatic carbocycles. The molecular formula is C31H41ClN6O3. The molecule has 3 aliphatic rings. The van der Waals surface area contributed by atoms with E-state index in [1.54, 1.807) is 12.4 Å². The Morgan fingerprint density at radius 3 is 2.51 bits per heavy atom. The Hall–Kier alpha value is -2.59. The van der Waals surface area contributed by atoms with Crippen molar-refractivity contribution in [3.05, 3.63) is 41.1 Å². The van der Waals surface area contributed by atoms with E-state index in [-0.39, 0.29) is 6.10 Å². The maximum absolute atomic E-state index is 10.3. The van der Waals surface area contributed by atoms with Crippen LogP contribution in [-0.4, -0.2) is 43.0 Å². The monoisotopic (exact) mass is 580 g/mol. The van der Waals surface area contributed by atoms with E-state index in [0.717, 1.165) is 53.4 Å². The van der Waals surface area contributed by atoms with Crippen LogP contribution >= 0.6 is 11.6 Å². The SMILES string of the molecule is CCOC(c1nc2cc(C3=NC(C)(O)ON3)nc(-c3cncc(Cl)c3)c2n1CC1CCC(CC)CC1)C1CCCC1. The zero-order chi connectivity index (χ0) is 28.6. The third-order valence-corrected chi connectivity index (χ3v) is 9.26. The Morgan fingerprint density at radius 2 is 1.85 bits per heavy atom. The lowest BCUT2D eigenvalue weighted by Crippen LogP contribution is -2.26. The van der Waals surface area contributed by atoms with Crippen molar-refractivity contribution in [1.82, 2.24) is 25.0 Å². The molecular weight excluding hydrogens is 540 g/mol. The number of halogens is 1. The first-order valence-corrected chi connectivity index (χ1v) is 15.6. The second kappa shape index (κ2) is 12.0. The number of nitrogens with one attached hydrogen (secondary N) is 1. The zero-order valence-corrected chi connectivity index (χ0v) is 25.0. The summed E-state index contributed by atoms with van der Waals surface area (Å²) in [5.74, 6) is 1.49. The van der Waals surface area contributed by atoms with Gasteiger partial charge in [0.05, 0.1) is 21.7 Å². The lowest BCUT2D eigenvalue weighted by Gasteiger charge is -2.30. The molecule has 0 aromatic carbocycles. The molecule has 3 aromatic rings. The van der Waals surface area contributed by atoms with E-state index in [0.29, 0.717) is 35.0 Å². The van der Waals surface area contributed by atoms with Crippen LogP contribution in [0, 0.1) is 17.8 Å². The number of aromatic nitrogens is 4. The molecule has 6 rings (SSSR count). The molecule has 0 spiro atoms. The fourth-order valence-electron chi connectivity index (χ4n) is 6.89. The highest BCUT2D eigenvalue weighted by molar-refractivity contribution is 6.30. The number of aliphatic hydroxyl groups is 1. The number of pyridine rings is 2. The number of aliphatic imine (C=N–C) groups is 1. The van der Waals surface area contributed by atoms with E-state index in [1.165, 1.54) is 51.9 Å². The van der Waals surface area contributed by atoms with Crippen LogP contribution in [0.4, 0.5) is 0 Å². The summed E-state index contributed by atoms with van der Waals surface area (Å²) in [6.07, 6.45) is 14.3. The molecule has 1 aliphatic heterocycles. The van der Waals surface area contributed by atoms with E-state index in [1.807, 2.05) is 12.1 Å². The fourth-order valence-corrected chi connectivity index (χ4v) is 7.06. The molecule has 0 saturated heterocycles. The largest absolute Gasteiger partial charge is 0.370 e. The van der Waals surface area contributed by atoms with Crippen molar-refractivity contribution >= 4 is 28.5 Å². The molecule has 4 heterocycles.